The Bertz CT molecular complexity index is 759. The minimum absolute atomic E-state index is 0.0204. The van der Waals surface area contributed by atoms with Gasteiger partial charge in [-0.25, -0.2) is 0 Å². The number of nitrogens with one attached hydrogen (secondary N) is 1. The molecule has 2 aromatic rings. The molecular formula is C14H19N2O4P. The Labute approximate surface area is 122 Å². The van der Waals surface area contributed by atoms with Crippen molar-refractivity contribution in [2.45, 2.75) is 20.8 Å². The number of benzene rings is 1. The highest BCUT2D eigenvalue weighted by Crippen LogP contribution is 2.47. The predicted octanol–water partition coefficient (Wildman–Crippen LogP) is 2.31. The number of anilines is 1. The smallest absolute Gasteiger partial charge is 0.368 e. The molecule has 0 atom stereocenters. The molecule has 6 nitrogen and oxygen atoms in total. The minimum Gasteiger partial charge on any atom is -0.384 e. The van der Waals surface area contributed by atoms with Gasteiger partial charge < -0.3 is 19.8 Å². The molecule has 0 bridgehead atoms. The van der Waals surface area contributed by atoms with E-state index in [1.54, 1.807) is 26.0 Å². The van der Waals surface area contributed by atoms with Crippen LogP contribution in [0.15, 0.2) is 23.0 Å². The average Bonchev–Trinajstić information content (AvgIpc) is 2.40. The van der Waals surface area contributed by atoms with Crippen LogP contribution in [0.3, 0.4) is 0 Å². The number of nitrogen functional groups attached to an aromatic ring is 1. The van der Waals surface area contributed by atoms with Gasteiger partial charge in [0.1, 0.15) is 5.82 Å². The molecular weight excluding hydrogens is 291 g/mol. The van der Waals surface area contributed by atoms with Crippen LogP contribution in [0.4, 0.5) is 5.82 Å². The van der Waals surface area contributed by atoms with E-state index in [1.165, 1.54) is 0 Å². The summed E-state index contributed by atoms with van der Waals surface area (Å²) in [7, 11) is -3.74. The van der Waals surface area contributed by atoms with Crippen molar-refractivity contribution < 1.29 is 13.6 Å². The van der Waals surface area contributed by atoms with Gasteiger partial charge in [-0.2, -0.15) is 0 Å². The topological polar surface area (TPSA) is 94.4 Å². The maximum atomic E-state index is 12.8. The fourth-order valence-electron chi connectivity index (χ4n) is 2.24. The maximum Gasteiger partial charge on any atom is 0.368 e. The zero-order chi connectivity index (χ0) is 15.6. The van der Waals surface area contributed by atoms with E-state index in [-0.39, 0.29) is 24.3 Å². The molecule has 0 unspecified atom stereocenters. The van der Waals surface area contributed by atoms with Crippen molar-refractivity contribution in [3.63, 3.8) is 0 Å². The molecule has 0 amide bonds. The molecule has 0 aliphatic carbocycles. The van der Waals surface area contributed by atoms with Gasteiger partial charge in [-0.05, 0) is 32.4 Å². The van der Waals surface area contributed by atoms with E-state index in [0.29, 0.717) is 10.9 Å². The molecule has 1 aromatic carbocycles. The van der Waals surface area contributed by atoms with E-state index >= 15 is 0 Å². The molecule has 0 aliphatic heterocycles. The molecule has 21 heavy (non-hydrogen) atoms. The summed E-state index contributed by atoms with van der Waals surface area (Å²) in [6.07, 6.45) is 0. The Morgan fingerprint density at radius 1 is 1.24 bits per heavy atom. The van der Waals surface area contributed by atoms with E-state index in [0.717, 1.165) is 5.56 Å². The van der Waals surface area contributed by atoms with Crippen LogP contribution in [0.2, 0.25) is 0 Å². The molecule has 0 fully saturated rings. The lowest BCUT2D eigenvalue weighted by atomic mass is 10.1. The molecule has 0 saturated carbocycles. The first-order valence-electron chi connectivity index (χ1n) is 6.75. The van der Waals surface area contributed by atoms with Gasteiger partial charge in [0.25, 0.3) is 0 Å². The molecule has 0 aliphatic rings. The lowest BCUT2D eigenvalue weighted by Gasteiger charge is -2.18. The lowest BCUT2D eigenvalue weighted by Crippen LogP contribution is -2.31. The predicted molar refractivity (Wildman–Crippen MR) is 84.2 cm³/mol. The van der Waals surface area contributed by atoms with Crippen molar-refractivity contribution in [2.24, 2.45) is 0 Å². The van der Waals surface area contributed by atoms with E-state index in [4.69, 9.17) is 14.8 Å². The third-order valence-corrected chi connectivity index (χ3v) is 5.31. The highest BCUT2D eigenvalue weighted by atomic mass is 31.2. The Hall–Kier alpha value is -1.62. The fraction of sp³-hybridized carbons (Fsp3) is 0.357. The molecule has 1 aromatic heterocycles. The summed E-state index contributed by atoms with van der Waals surface area (Å²) in [5, 5.41) is 0.295. The second-order valence-corrected chi connectivity index (χ2v) is 6.51. The first kappa shape index (κ1) is 15.8. The second kappa shape index (κ2) is 6.02. The standard InChI is InChI=1S/C14H19N2O4P/c1-4-19-21(18,20-5-2)13-12(17)10-8-6-7-9(3)11(10)16-14(13)15/h6-8H,4-5H2,1-3H3,(H3,15,16,17). The maximum absolute atomic E-state index is 12.8. The van der Waals surface area contributed by atoms with Gasteiger partial charge >= 0.3 is 7.60 Å². The molecule has 0 spiro atoms. The van der Waals surface area contributed by atoms with Gasteiger partial charge in [0.15, 0.2) is 5.30 Å². The first-order valence-corrected chi connectivity index (χ1v) is 8.29. The normalized spacial score (nSPS) is 12.0. The van der Waals surface area contributed by atoms with Crippen LogP contribution in [-0.4, -0.2) is 18.2 Å². The van der Waals surface area contributed by atoms with Crippen molar-refractivity contribution in [2.75, 3.05) is 18.9 Å². The number of rotatable bonds is 5. The highest BCUT2D eigenvalue weighted by molar-refractivity contribution is 7.62. The summed E-state index contributed by atoms with van der Waals surface area (Å²) in [5.74, 6) is 0.0204. The molecule has 1 heterocycles. The Morgan fingerprint density at radius 3 is 2.43 bits per heavy atom. The number of para-hydroxylation sites is 1. The number of hydrogen-bond acceptors (Lipinski definition) is 5. The number of aryl methyl sites for hydroxylation is 1. The number of aromatic nitrogens is 1. The van der Waals surface area contributed by atoms with Crippen LogP contribution in [0.5, 0.6) is 0 Å². The first-order chi connectivity index (χ1) is 9.94. The third-order valence-electron chi connectivity index (χ3n) is 3.12. The Morgan fingerprint density at radius 2 is 1.86 bits per heavy atom. The highest BCUT2D eigenvalue weighted by Gasteiger charge is 2.33. The molecule has 114 valence electrons. The van der Waals surface area contributed by atoms with E-state index in [2.05, 4.69) is 4.98 Å². The van der Waals surface area contributed by atoms with Crippen molar-refractivity contribution in [3.8, 4) is 0 Å². The number of hydrogen-bond donors (Lipinski definition) is 2. The van der Waals surface area contributed by atoms with Crippen LogP contribution in [0.25, 0.3) is 10.9 Å². The fourth-order valence-corrected chi connectivity index (χ4v) is 3.98. The van der Waals surface area contributed by atoms with Crippen molar-refractivity contribution >= 4 is 29.6 Å². The summed E-state index contributed by atoms with van der Waals surface area (Å²) in [4.78, 5) is 15.6. The second-order valence-electron chi connectivity index (χ2n) is 4.55. The Balaban J connectivity index is 2.81. The number of nitrogens with two attached hydrogens (primary N) is 1. The summed E-state index contributed by atoms with van der Waals surface area (Å²) in [6, 6.07) is 5.29. The van der Waals surface area contributed by atoms with Crippen LogP contribution in [0, 0.1) is 6.92 Å². The van der Waals surface area contributed by atoms with Gasteiger partial charge in [0.2, 0.25) is 5.43 Å². The number of aromatic amines is 1. The summed E-state index contributed by atoms with van der Waals surface area (Å²) in [6.45, 7) is 5.54. The molecule has 2 rings (SSSR count). The summed E-state index contributed by atoms with van der Waals surface area (Å²) >= 11 is 0. The van der Waals surface area contributed by atoms with E-state index in [9.17, 15) is 9.36 Å². The molecule has 3 N–H and O–H groups in total. The van der Waals surface area contributed by atoms with Crippen LogP contribution in [-0.2, 0) is 13.6 Å². The SMILES string of the molecule is CCOP(=O)(OCC)c1c(N)[nH]c2c(C)cccc2c1=O. The zero-order valence-electron chi connectivity index (χ0n) is 12.3. The van der Waals surface area contributed by atoms with Gasteiger partial charge in [-0.3, -0.25) is 9.36 Å². The van der Waals surface area contributed by atoms with Gasteiger partial charge in [0.05, 0.1) is 18.7 Å². The van der Waals surface area contributed by atoms with Gasteiger partial charge in [-0.1, -0.05) is 12.1 Å². The number of H-pyrrole nitrogens is 1. The largest absolute Gasteiger partial charge is 0.384 e. The summed E-state index contributed by atoms with van der Waals surface area (Å²) < 4.78 is 23.3. The van der Waals surface area contributed by atoms with Crippen molar-refractivity contribution in [1.29, 1.82) is 0 Å². The monoisotopic (exact) mass is 310 g/mol. The zero-order valence-corrected chi connectivity index (χ0v) is 13.2. The van der Waals surface area contributed by atoms with Crippen LogP contribution < -0.4 is 16.5 Å². The van der Waals surface area contributed by atoms with Crippen molar-refractivity contribution in [3.05, 3.63) is 34.0 Å². The van der Waals surface area contributed by atoms with Crippen molar-refractivity contribution in [1.82, 2.24) is 4.98 Å². The number of fused-ring (bicyclic) bond motifs is 1. The molecule has 0 radical (unpaired) electrons. The Kier molecular flexibility index (Phi) is 4.52. The lowest BCUT2D eigenvalue weighted by molar-refractivity contribution is 0.230. The van der Waals surface area contributed by atoms with E-state index in [1.807, 2.05) is 13.0 Å². The summed E-state index contributed by atoms with van der Waals surface area (Å²) in [5.41, 5.74) is 7.00. The minimum atomic E-state index is -3.74. The molecule has 0 saturated heterocycles. The molecule has 7 heteroatoms. The average molecular weight is 310 g/mol. The number of pyridine rings is 1. The quantitative estimate of drug-likeness (QED) is 0.826. The third kappa shape index (κ3) is 2.75. The van der Waals surface area contributed by atoms with Gasteiger partial charge in [-0.15, -0.1) is 0 Å². The van der Waals surface area contributed by atoms with Crippen LogP contribution >= 0.6 is 7.60 Å². The van der Waals surface area contributed by atoms with Gasteiger partial charge in [0, 0.05) is 5.39 Å². The van der Waals surface area contributed by atoms with E-state index < -0.39 is 13.0 Å². The van der Waals surface area contributed by atoms with Crippen LogP contribution in [0.1, 0.15) is 19.4 Å².